The van der Waals surface area contributed by atoms with Gasteiger partial charge in [-0.2, -0.15) is 18.3 Å². The molecular formula is C25H19ClF5N5O2S. The largest absolute Gasteiger partial charge is 0.436 e. The van der Waals surface area contributed by atoms with Crippen LogP contribution in [-0.2, 0) is 11.0 Å². The monoisotopic (exact) mass is 583 g/mol. The molecule has 0 aliphatic heterocycles. The lowest BCUT2D eigenvalue weighted by molar-refractivity contribution is -0.141. The Morgan fingerprint density at radius 2 is 1.87 bits per heavy atom. The fourth-order valence-electron chi connectivity index (χ4n) is 4.33. The van der Waals surface area contributed by atoms with E-state index in [4.69, 9.17) is 17.3 Å². The molecule has 2 amide bonds. The van der Waals surface area contributed by atoms with Crippen molar-refractivity contribution in [1.82, 2.24) is 14.8 Å². The molecule has 204 valence electrons. The number of aromatic nitrogens is 3. The van der Waals surface area contributed by atoms with Gasteiger partial charge in [0.05, 0.1) is 16.4 Å². The second-order valence-electron chi connectivity index (χ2n) is 9.04. The summed E-state index contributed by atoms with van der Waals surface area (Å²) in [5.74, 6) is -2.04. The van der Waals surface area contributed by atoms with Crippen molar-refractivity contribution < 1.29 is 31.5 Å². The van der Waals surface area contributed by atoms with E-state index in [0.29, 0.717) is 18.4 Å². The van der Waals surface area contributed by atoms with Crippen LogP contribution in [0.2, 0.25) is 5.02 Å². The molecule has 3 heterocycles. The minimum absolute atomic E-state index is 0.0311. The Kier molecular flexibility index (Phi) is 6.83. The number of alkyl halides is 5. The first-order chi connectivity index (χ1) is 18.4. The molecule has 1 atom stereocenters. The topological polar surface area (TPSA) is 103 Å². The molecule has 0 saturated heterocycles. The molecule has 0 bridgehead atoms. The highest BCUT2D eigenvalue weighted by atomic mass is 35.5. The lowest BCUT2D eigenvalue weighted by Crippen LogP contribution is -2.27. The van der Waals surface area contributed by atoms with Gasteiger partial charge in [0.15, 0.2) is 5.69 Å². The Hall–Kier alpha value is -3.58. The van der Waals surface area contributed by atoms with E-state index >= 15 is 0 Å². The lowest BCUT2D eigenvalue weighted by atomic mass is 10.0. The normalized spacial score (nSPS) is 14.7. The standard InChI is InChI=1S/C25H19ClF5N5O2S/c1-10(36-18(12-7-8-12)16(26)20(35-36)25(29,30)31)23(38)34-17-15-13(11-5-3-2-4-6-11)9-14(21(27)28)33-24(15)39-19(17)22(32)37/h2-6,9-10,12,21H,7-8H2,1H3,(H2,32,37)(H,34,38). The summed E-state index contributed by atoms with van der Waals surface area (Å²) in [5.41, 5.74) is 4.53. The van der Waals surface area contributed by atoms with Crippen molar-refractivity contribution in [2.45, 2.75) is 44.3 Å². The first-order valence-electron chi connectivity index (χ1n) is 11.6. The SMILES string of the molecule is CC(C(=O)Nc1c(C(N)=O)sc2nc(C(F)F)cc(-c3ccccc3)c12)n1nc(C(F)(F)F)c(Cl)c1C1CC1. The van der Waals surface area contributed by atoms with Crippen LogP contribution in [0.3, 0.4) is 0 Å². The molecular weight excluding hydrogens is 565 g/mol. The van der Waals surface area contributed by atoms with Gasteiger partial charge in [0.2, 0.25) is 5.91 Å². The summed E-state index contributed by atoms with van der Waals surface area (Å²) in [7, 11) is 0. The summed E-state index contributed by atoms with van der Waals surface area (Å²) in [5, 5.41) is 5.85. The molecule has 3 N–H and O–H groups in total. The number of carbonyl (C=O) groups is 2. The van der Waals surface area contributed by atoms with E-state index in [1.165, 1.54) is 6.92 Å². The van der Waals surface area contributed by atoms with Gasteiger partial charge in [0, 0.05) is 11.3 Å². The predicted octanol–water partition coefficient (Wildman–Crippen LogP) is 6.95. The maximum absolute atomic E-state index is 13.7. The van der Waals surface area contributed by atoms with Gasteiger partial charge >= 0.3 is 6.18 Å². The minimum atomic E-state index is -4.83. The fourth-order valence-corrected chi connectivity index (χ4v) is 5.73. The van der Waals surface area contributed by atoms with E-state index < -0.39 is 46.9 Å². The van der Waals surface area contributed by atoms with Crippen molar-refractivity contribution in [1.29, 1.82) is 0 Å². The molecule has 1 aliphatic carbocycles. The Morgan fingerprint density at radius 1 is 1.21 bits per heavy atom. The molecule has 39 heavy (non-hydrogen) atoms. The number of fused-ring (bicyclic) bond motifs is 1. The van der Waals surface area contributed by atoms with Gasteiger partial charge in [-0.25, -0.2) is 13.8 Å². The molecule has 1 aromatic carbocycles. The first-order valence-corrected chi connectivity index (χ1v) is 12.8. The zero-order valence-electron chi connectivity index (χ0n) is 20.0. The first kappa shape index (κ1) is 27.0. The van der Waals surface area contributed by atoms with Crippen LogP contribution < -0.4 is 11.1 Å². The molecule has 1 unspecified atom stereocenters. The van der Waals surface area contributed by atoms with Crippen molar-refractivity contribution in [3.05, 3.63) is 63.4 Å². The van der Waals surface area contributed by atoms with Crippen LogP contribution in [0.5, 0.6) is 0 Å². The number of rotatable bonds is 7. The molecule has 1 saturated carbocycles. The molecule has 14 heteroatoms. The number of hydrogen-bond donors (Lipinski definition) is 2. The number of halogens is 6. The number of benzene rings is 1. The highest BCUT2D eigenvalue weighted by Gasteiger charge is 2.43. The van der Waals surface area contributed by atoms with Gasteiger partial charge in [-0.05, 0) is 37.0 Å². The van der Waals surface area contributed by atoms with Crippen molar-refractivity contribution in [2.75, 3.05) is 5.32 Å². The summed E-state index contributed by atoms with van der Waals surface area (Å²) < 4.78 is 68.9. The number of pyridine rings is 1. The summed E-state index contributed by atoms with van der Waals surface area (Å²) >= 11 is 6.77. The van der Waals surface area contributed by atoms with Gasteiger partial charge < -0.3 is 11.1 Å². The van der Waals surface area contributed by atoms with E-state index in [-0.39, 0.29) is 38.0 Å². The summed E-state index contributed by atoms with van der Waals surface area (Å²) in [6.07, 6.45) is -6.56. The number of nitrogens with one attached hydrogen (secondary N) is 1. The van der Waals surface area contributed by atoms with Crippen LogP contribution in [0.25, 0.3) is 21.3 Å². The van der Waals surface area contributed by atoms with E-state index in [2.05, 4.69) is 15.4 Å². The van der Waals surface area contributed by atoms with Crippen LogP contribution >= 0.6 is 22.9 Å². The third kappa shape index (κ3) is 4.96. The van der Waals surface area contributed by atoms with E-state index in [1.54, 1.807) is 30.3 Å². The Morgan fingerprint density at radius 3 is 2.44 bits per heavy atom. The predicted molar refractivity (Wildman–Crippen MR) is 136 cm³/mol. The van der Waals surface area contributed by atoms with Gasteiger partial charge in [-0.3, -0.25) is 14.3 Å². The molecule has 0 spiro atoms. The molecule has 1 aliphatic rings. The zero-order valence-corrected chi connectivity index (χ0v) is 21.6. The van der Waals surface area contributed by atoms with Crippen molar-refractivity contribution in [3.63, 3.8) is 0 Å². The van der Waals surface area contributed by atoms with E-state index in [0.717, 1.165) is 22.1 Å². The van der Waals surface area contributed by atoms with E-state index in [9.17, 15) is 31.5 Å². The highest BCUT2D eigenvalue weighted by Crippen LogP contribution is 2.48. The number of carbonyl (C=O) groups excluding carboxylic acids is 2. The molecule has 4 aromatic rings. The van der Waals surface area contributed by atoms with Crippen LogP contribution in [0, 0.1) is 0 Å². The lowest BCUT2D eigenvalue weighted by Gasteiger charge is -2.17. The summed E-state index contributed by atoms with van der Waals surface area (Å²) in [6, 6.07) is 8.29. The third-order valence-corrected chi connectivity index (χ3v) is 7.80. The van der Waals surface area contributed by atoms with Crippen LogP contribution in [0.15, 0.2) is 36.4 Å². The maximum Gasteiger partial charge on any atom is 0.436 e. The second-order valence-corrected chi connectivity index (χ2v) is 10.4. The number of nitrogens with zero attached hydrogens (tertiary/aromatic N) is 3. The molecule has 7 nitrogen and oxygen atoms in total. The number of hydrogen-bond acceptors (Lipinski definition) is 5. The summed E-state index contributed by atoms with van der Waals surface area (Å²) in [4.78, 5) is 29.6. The van der Waals surface area contributed by atoms with E-state index in [1.807, 2.05) is 0 Å². The van der Waals surface area contributed by atoms with Crippen LogP contribution in [0.1, 0.15) is 64.9 Å². The fraction of sp³-hybridized carbons (Fsp3) is 0.280. The molecule has 0 radical (unpaired) electrons. The average molecular weight is 584 g/mol. The number of thiophene rings is 1. The maximum atomic E-state index is 13.7. The highest BCUT2D eigenvalue weighted by molar-refractivity contribution is 7.21. The number of anilines is 1. The minimum Gasteiger partial charge on any atom is -0.365 e. The van der Waals surface area contributed by atoms with Crippen LogP contribution in [-0.4, -0.2) is 26.6 Å². The molecule has 1 fully saturated rings. The van der Waals surface area contributed by atoms with Crippen molar-refractivity contribution >= 4 is 50.7 Å². The third-order valence-electron chi connectivity index (χ3n) is 6.33. The molecule has 5 rings (SSSR count). The molecule has 3 aromatic heterocycles. The number of amides is 2. The van der Waals surface area contributed by atoms with Gasteiger partial charge in [0.1, 0.15) is 21.4 Å². The van der Waals surface area contributed by atoms with Crippen molar-refractivity contribution in [3.8, 4) is 11.1 Å². The van der Waals surface area contributed by atoms with Crippen LogP contribution in [0.4, 0.5) is 27.6 Å². The Balaban J connectivity index is 1.63. The van der Waals surface area contributed by atoms with Crippen molar-refractivity contribution in [2.24, 2.45) is 5.73 Å². The smallest absolute Gasteiger partial charge is 0.365 e. The Labute approximate surface area is 226 Å². The van der Waals surface area contributed by atoms with Gasteiger partial charge in [-0.15, -0.1) is 11.3 Å². The zero-order chi connectivity index (χ0) is 28.2. The summed E-state index contributed by atoms with van der Waals surface area (Å²) in [6.45, 7) is 1.34. The average Bonchev–Trinajstić information content (AvgIpc) is 3.56. The second kappa shape index (κ2) is 9.87. The number of nitrogens with two attached hydrogens (primary N) is 1. The van der Waals surface area contributed by atoms with Gasteiger partial charge in [0.25, 0.3) is 12.3 Å². The van der Waals surface area contributed by atoms with Gasteiger partial charge in [-0.1, -0.05) is 41.9 Å². The number of primary amides is 1. The quantitative estimate of drug-likeness (QED) is 0.230. The Bertz CT molecular complexity index is 1600.